The van der Waals surface area contributed by atoms with Gasteiger partial charge in [0.25, 0.3) is 0 Å². The van der Waals surface area contributed by atoms with Crippen molar-refractivity contribution in [1.29, 1.82) is 0 Å². The van der Waals surface area contributed by atoms with Crippen LogP contribution in [0.15, 0.2) is 0 Å². The Morgan fingerprint density at radius 1 is 1.36 bits per heavy atom. The molecule has 0 unspecified atom stereocenters. The SMILES string of the molecule is CC[C@H](CO)[N+]1(C)CCCC1. The minimum atomic E-state index is 0.354. The van der Waals surface area contributed by atoms with Crippen molar-refractivity contribution in [3.63, 3.8) is 0 Å². The van der Waals surface area contributed by atoms with Gasteiger partial charge in [0.2, 0.25) is 0 Å². The van der Waals surface area contributed by atoms with Crippen LogP contribution in [0, 0.1) is 0 Å². The number of hydrogen-bond acceptors (Lipinski definition) is 1. The van der Waals surface area contributed by atoms with Gasteiger partial charge in [-0.25, -0.2) is 0 Å². The van der Waals surface area contributed by atoms with Crippen LogP contribution < -0.4 is 0 Å². The lowest BCUT2D eigenvalue weighted by Gasteiger charge is -2.36. The molecule has 0 aliphatic carbocycles. The second-order valence-corrected chi connectivity index (χ2v) is 3.88. The van der Waals surface area contributed by atoms with Crippen molar-refractivity contribution < 1.29 is 9.59 Å². The summed E-state index contributed by atoms with van der Waals surface area (Å²) in [6.45, 7) is 5.05. The predicted molar refractivity (Wildman–Crippen MR) is 46.3 cm³/mol. The third-order valence-electron chi connectivity index (χ3n) is 3.15. The summed E-state index contributed by atoms with van der Waals surface area (Å²) in [4.78, 5) is 0. The van der Waals surface area contributed by atoms with Gasteiger partial charge in [-0.2, -0.15) is 0 Å². The zero-order valence-electron chi connectivity index (χ0n) is 7.71. The number of nitrogens with zero attached hydrogens (tertiary/aromatic N) is 1. The Labute approximate surface area is 69.4 Å². The molecule has 1 atom stereocenters. The van der Waals surface area contributed by atoms with Crippen molar-refractivity contribution in [3.05, 3.63) is 0 Å². The van der Waals surface area contributed by atoms with E-state index in [4.69, 9.17) is 5.11 Å². The first kappa shape index (κ1) is 9.01. The standard InChI is InChI=1S/C9H20NO/c1-3-9(8-11)10(2)6-4-5-7-10/h9,11H,3-8H2,1-2H3/q+1/t9-/m1/s1. The van der Waals surface area contributed by atoms with Crippen LogP contribution >= 0.6 is 0 Å². The summed E-state index contributed by atoms with van der Waals surface area (Å²) in [6.07, 6.45) is 3.78. The molecule has 0 bridgehead atoms. The molecule has 0 aromatic rings. The van der Waals surface area contributed by atoms with Crippen molar-refractivity contribution in [3.8, 4) is 0 Å². The number of aliphatic hydroxyl groups excluding tert-OH is 1. The van der Waals surface area contributed by atoms with Crippen molar-refractivity contribution in [2.45, 2.75) is 32.2 Å². The molecule has 11 heavy (non-hydrogen) atoms. The average Bonchev–Trinajstić information content (AvgIpc) is 2.39. The molecule has 0 aromatic heterocycles. The molecule has 2 heteroatoms. The highest BCUT2D eigenvalue weighted by Crippen LogP contribution is 2.22. The van der Waals surface area contributed by atoms with Crippen LogP contribution in [-0.4, -0.2) is 42.4 Å². The van der Waals surface area contributed by atoms with Crippen molar-refractivity contribution in [1.82, 2.24) is 0 Å². The normalized spacial score (nSPS) is 25.4. The maximum Gasteiger partial charge on any atom is 0.112 e. The van der Waals surface area contributed by atoms with E-state index in [0.717, 1.165) is 10.9 Å². The first-order valence-corrected chi connectivity index (χ1v) is 4.68. The van der Waals surface area contributed by atoms with E-state index in [2.05, 4.69) is 14.0 Å². The third-order valence-corrected chi connectivity index (χ3v) is 3.15. The number of likely N-dealkylation sites (tertiary alicyclic amines) is 1. The van der Waals surface area contributed by atoms with E-state index in [1.807, 2.05) is 0 Å². The maximum atomic E-state index is 9.14. The fourth-order valence-electron chi connectivity index (χ4n) is 2.19. The molecule has 0 radical (unpaired) electrons. The molecule has 0 amide bonds. The molecular formula is C9H20NO+. The van der Waals surface area contributed by atoms with Gasteiger partial charge in [-0.3, -0.25) is 0 Å². The van der Waals surface area contributed by atoms with E-state index in [9.17, 15) is 0 Å². The van der Waals surface area contributed by atoms with E-state index in [1.54, 1.807) is 0 Å². The second kappa shape index (κ2) is 3.55. The summed E-state index contributed by atoms with van der Waals surface area (Å²) in [5.41, 5.74) is 0. The number of likely N-dealkylation sites (N-methyl/N-ethyl adjacent to an activating group) is 1. The minimum Gasteiger partial charge on any atom is -0.390 e. The Morgan fingerprint density at radius 3 is 2.27 bits per heavy atom. The molecule has 1 fully saturated rings. The molecule has 1 aliphatic rings. The molecule has 1 aliphatic heterocycles. The van der Waals surface area contributed by atoms with Gasteiger partial charge in [0.05, 0.1) is 26.7 Å². The van der Waals surface area contributed by atoms with Gasteiger partial charge >= 0.3 is 0 Å². The number of aliphatic hydroxyl groups is 1. The third kappa shape index (κ3) is 1.74. The highest BCUT2D eigenvalue weighted by Gasteiger charge is 2.33. The molecule has 1 saturated heterocycles. The van der Waals surface area contributed by atoms with Crippen molar-refractivity contribution >= 4 is 0 Å². The van der Waals surface area contributed by atoms with Gasteiger partial charge in [0.15, 0.2) is 0 Å². The molecule has 0 saturated carbocycles. The molecule has 2 nitrogen and oxygen atoms in total. The van der Waals surface area contributed by atoms with Crippen LogP contribution in [0.2, 0.25) is 0 Å². The molecule has 1 rings (SSSR count). The molecular weight excluding hydrogens is 138 g/mol. The fraction of sp³-hybridized carbons (Fsp3) is 1.00. The smallest absolute Gasteiger partial charge is 0.112 e. The monoisotopic (exact) mass is 158 g/mol. The zero-order chi connectivity index (χ0) is 8.32. The number of hydrogen-bond donors (Lipinski definition) is 1. The summed E-state index contributed by atoms with van der Waals surface area (Å²) < 4.78 is 1.10. The highest BCUT2D eigenvalue weighted by atomic mass is 16.3. The Morgan fingerprint density at radius 2 is 1.91 bits per heavy atom. The predicted octanol–water partition coefficient (Wildman–Crippen LogP) is 0.998. The molecule has 1 heterocycles. The Hall–Kier alpha value is -0.0800. The van der Waals surface area contributed by atoms with E-state index < -0.39 is 0 Å². The number of quaternary nitrogens is 1. The Bertz CT molecular complexity index is 115. The van der Waals surface area contributed by atoms with Crippen molar-refractivity contribution in [2.75, 3.05) is 26.7 Å². The first-order valence-electron chi connectivity index (χ1n) is 4.68. The van der Waals surface area contributed by atoms with Crippen molar-refractivity contribution in [2.24, 2.45) is 0 Å². The maximum absolute atomic E-state index is 9.14. The quantitative estimate of drug-likeness (QED) is 0.607. The first-order chi connectivity index (χ1) is 5.23. The highest BCUT2D eigenvalue weighted by molar-refractivity contribution is 4.60. The summed E-state index contributed by atoms with van der Waals surface area (Å²) in [5.74, 6) is 0. The molecule has 1 N–H and O–H groups in total. The lowest BCUT2D eigenvalue weighted by molar-refractivity contribution is -0.922. The van der Waals surface area contributed by atoms with Gasteiger partial charge in [-0.05, 0) is 6.42 Å². The molecule has 0 spiro atoms. The summed E-state index contributed by atoms with van der Waals surface area (Å²) in [7, 11) is 2.28. The largest absolute Gasteiger partial charge is 0.390 e. The van der Waals surface area contributed by atoms with Crippen LogP contribution in [0.25, 0.3) is 0 Å². The van der Waals surface area contributed by atoms with Gasteiger partial charge < -0.3 is 9.59 Å². The Kier molecular flexibility index (Phi) is 2.90. The Balaban J connectivity index is 2.53. The van der Waals surface area contributed by atoms with Gasteiger partial charge in [0, 0.05) is 12.8 Å². The zero-order valence-corrected chi connectivity index (χ0v) is 7.71. The fourth-order valence-corrected chi connectivity index (χ4v) is 2.19. The van der Waals surface area contributed by atoms with E-state index in [1.165, 1.54) is 25.9 Å². The van der Waals surface area contributed by atoms with Gasteiger partial charge in [-0.1, -0.05) is 6.92 Å². The number of rotatable bonds is 3. The van der Waals surface area contributed by atoms with Crippen LogP contribution in [0.3, 0.4) is 0 Å². The van der Waals surface area contributed by atoms with Crippen LogP contribution in [-0.2, 0) is 0 Å². The lowest BCUT2D eigenvalue weighted by atomic mass is 10.2. The lowest BCUT2D eigenvalue weighted by Crippen LogP contribution is -2.51. The molecule has 0 aromatic carbocycles. The minimum absolute atomic E-state index is 0.354. The van der Waals surface area contributed by atoms with Crippen LogP contribution in [0.1, 0.15) is 26.2 Å². The van der Waals surface area contributed by atoms with Gasteiger partial charge in [-0.15, -0.1) is 0 Å². The summed E-state index contributed by atoms with van der Waals surface area (Å²) in [6, 6.07) is 0.484. The van der Waals surface area contributed by atoms with Crippen LogP contribution in [0.4, 0.5) is 0 Å². The second-order valence-electron chi connectivity index (χ2n) is 3.88. The van der Waals surface area contributed by atoms with Crippen LogP contribution in [0.5, 0.6) is 0 Å². The van der Waals surface area contributed by atoms with E-state index >= 15 is 0 Å². The molecule has 66 valence electrons. The summed E-state index contributed by atoms with van der Waals surface area (Å²) >= 11 is 0. The topological polar surface area (TPSA) is 20.2 Å². The summed E-state index contributed by atoms with van der Waals surface area (Å²) in [5, 5.41) is 9.14. The average molecular weight is 158 g/mol. The van der Waals surface area contributed by atoms with E-state index in [0.29, 0.717) is 12.6 Å². The van der Waals surface area contributed by atoms with Gasteiger partial charge in [0.1, 0.15) is 6.04 Å². The van der Waals surface area contributed by atoms with E-state index in [-0.39, 0.29) is 0 Å².